The van der Waals surface area contributed by atoms with Crippen LogP contribution < -0.4 is 20.5 Å². The van der Waals surface area contributed by atoms with Crippen molar-refractivity contribution in [3.8, 4) is 11.5 Å². The second-order valence-electron chi connectivity index (χ2n) is 6.68. The third-order valence-electron chi connectivity index (χ3n) is 4.45. The number of nitrogen functional groups attached to an aromatic ring is 1. The van der Waals surface area contributed by atoms with E-state index in [-0.39, 0.29) is 0 Å². The molecule has 0 fully saturated rings. The van der Waals surface area contributed by atoms with Gasteiger partial charge in [-0.05, 0) is 41.3 Å². The highest BCUT2D eigenvalue weighted by Crippen LogP contribution is 2.35. The Morgan fingerprint density at radius 3 is 2.39 bits per heavy atom. The Morgan fingerprint density at radius 1 is 1.04 bits per heavy atom. The second-order valence-corrected chi connectivity index (χ2v) is 6.68. The molecule has 28 heavy (non-hydrogen) atoms. The number of methoxy groups -OCH3 is 2. The smallest absolute Gasteiger partial charge is 0.230 e. The van der Waals surface area contributed by atoms with Gasteiger partial charge >= 0.3 is 0 Å². The highest BCUT2D eigenvalue weighted by atomic mass is 16.5. The molecule has 7 heteroatoms. The van der Waals surface area contributed by atoms with Crippen LogP contribution in [0.4, 0.5) is 17.6 Å². The summed E-state index contributed by atoms with van der Waals surface area (Å²) in [6, 6.07) is 9.59. The number of nitrogens with one attached hydrogen (secondary N) is 1. The topological polar surface area (TPSA) is 95.2 Å². The third-order valence-corrected chi connectivity index (χ3v) is 4.45. The fraction of sp³-hybridized carbons (Fsp3) is 0.286. The molecule has 1 aromatic carbocycles. The average molecular weight is 379 g/mol. The lowest BCUT2D eigenvalue weighted by Crippen LogP contribution is -2.07. The molecule has 0 unspecified atom stereocenters. The van der Waals surface area contributed by atoms with Crippen molar-refractivity contribution >= 4 is 17.6 Å². The van der Waals surface area contributed by atoms with Gasteiger partial charge in [-0.3, -0.25) is 0 Å². The van der Waals surface area contributed by atoms with Crippen molar-refractivity contribution in [3.05, 3.63) is 59.4 Å². The maximum absolute atomic E-state index is 6.21. The summed E-state index contributed by atoms with van der Waals surface area (Å²) in [6.45, 7) is 4.29. The number of hydrogen-bond acceptors (Lipinski definition) is 7. The van der Waals surface area contributed by atoms with Gasteiger partial charge in [0, 0.05) is 24.4 Å². The van der Waals surface area contributed by atoms with Gasteiger partial charge in [-0.15, -0.1) is 0 Å². The normalized spacial score (nSPS) is 10.8. The van der Waals surface area contributed by atoms with Crippen LogP contribution in [0, 0.1) is 0 Å². The van der Waals surface area contributed by atoms with Crippen LogP contribution in [0.3, 0.4) is 0 Å². The Balaban J connectivity index is 1.89. The van der Waals surface area contributed by atoms with Gasteiger partial charge in [0.05, 0.1) is 14.2 Å². The number of nitrogens with two attached hydrogens (primary N) is 1. The summed E-state index contributed by atoms with van der Waals surface area (Å²) in [5.74, 6) is 3.23. The van der Waals surface area contributed by atoms with Crippen LogP contribution in [-0.2, 0) is 6.42 Å². The lowest BCUT2D eigenvalue weighted by Gasteiger charge is -2.18. The van der Waals surface area contributed by atoms with E-state index in [9.17, 15) is 0 Å². The number of aromatic nitrogens is 3. The Hall–Kier alpha value is -3.35. The van der Waals surface area contributed by atoms with E-state index in [0.717, 1.165) is 11.1 Å². The Morgan fingerprint density at radius 2 is 1.79 bits per heavy atom. The van der Waals surface area contributed by atoms with E-state index < -0.39 is 0 Å². The molecule has 0 bridgehead atoms. The summed E-state index contributed by atoms with van der Waals surface area (Å²) >= 11 is 0. The van der Waals surface area contributed by atoms with Gasteiger partial charge in [0.1, 0.15) is 11.6 Å². The van der Waals surface area contributed by atoms with Gasteiger partial charge in [-0.1, -0.05) is 19.9 Å². The van der Waals surface area contributed by atoms with Crippen molar-refractivity contribution in [1.82, 2.24) is 15.0 Å². The monoisotopic (exact) mass is 379 g/mol. The number of benzene rings is 1. The minimum Gasteiger partial charge on any atom is -0.493 e. The third kappa shape index (κ3) is 4.31. The van der Waals surface area contributed by atoms with E-state index in [4.69, 9.17) is 15.2 Å². The summed E-state index contributed by atoms with van der Waals surface area (Å²) in [7, 11) is 3.27. The van der Waals surface area contributed by atoms with E-state index in [1.807, 2.05) is 30.3 Å². The molecule has 0 aliphatic carbocycles. The van der Waals surface area contributed by atoms with Crippen LogP contribution >= 0.6 is 0 Å². The van der Waals surface area contributed by atoms with Gasteiger partial charge in [0.15, 0.2) is 11.5 Å². The molecule has 0 saturated carbocycles. The van der Waals surface area contributed by atoms with E-state index >= 15 is 0 Å². The van der Waals surface area contributed by atoms with E-state index in [2.05, 4.69) is 34.1 Å². The molecule has 2 aromatic heterocycles. The van der Waals surface area contributed by atoms with Gasteiger partial charge in [-0.2, -0.15) is 4.98 Å². The molecular formula is C21H25N5O2. The number of hydrogen-bond donors (Lipinski definition) is 2. The van der Waals surface area contributed by atoms with Crippen LogP contribution in [0.1, 0.15) is 36.5 Å². The molecule has 7 nitrogen and oxygen atoms in total. The second kappa shape index (κ2) is 8.56. The Kier molecular flexibility index (Phi) is 5.93. The Labute approximate surface area is 165 Å². The maximum Gasteiger partial charge on any atom is 0.230 e. The molecule has 0 atom stereocenters. The summed E-state index contributed by atoms with van der Waals surface area (Å²) in [5, 5.41) is 3.05. The molecule has 146 valence electrons. The highest BCUT2D eigenvalue weighted by molar-refractivity contribution is 5.54. The van der Waals surface area contributed by atoms with Gasteiger partial charge in [0.25, 0.3) is 0 Å². The highest BCUT2D eigenvalue weighted by Gasteiger charge is 2.16. The molecule has 2 heterocycles. The molecule has 0 saturated heterocycles. The zero-order valence-corrected chi connectivity index (χ0v) is 16.6. The minimum atomic E-state index is 0.321. The quantitative estimate of drug-likeness (QED) is 0.642. The zero-order valence-electron chi connectivity index (χ0n) is 16.6. The molecule has 3 aromatic rings. The summed E-state index contributed by atoms with van der Waals surface area (Å²) < 4.78 is 10.9. The first-order valence-electron chi connectivity index (χ1n) is 9.06. The van der Waals surface area contributed by atoms with Gasteiger partial charge in [-0.25, -0.2) is 9.97 Å². The predicted molar refractivity (Wildman–Crippen MR) is 110 cm³/mol. The number of nitrogens with zero attached hydrogens (tertiary/aromatic N) is 3. The predicted octanol–water partition coefficient (Wildman–Crippen LogP) is 3.93. The SMILES string of the molecule is COc1cc(Cc2cnc(Nc3ccccn3)nc2N)c(C(C)C)cc1OC. The van der Waals surface area contributed by atoms with Crippen LogP contribution in [0.2, 0.25) is 0 Å². The van der Waals surface area contributed by atoms with Crippen LogP contribution in [0.15, 0.2) is 42.7 Å². The van der Waals surface area contributed by atoms with Gasteiger partial charge < -0.3 is 20.5 Å². The molecule has 3 rings (SSSR count). The van der Waals surface area contributed by atoms with Gasteiger partial charge in [0.2, 0.25) is 5.95 Å². The number of ether oxygens (including phenoxy) is 2. The fourth-order valence-electron chi connectivity index (χ4n) is 3.00. The molecular weight excluding hydrogens is 354 g/mol. The van der Waals surface area contributed by atoms with Crippen molar-refractivity contribution in [2.75, 3.05) is 25.3 Å². The lowest BCUT2D eigenvalue weighted by atomic mass is 9.92. The van der Waals surface area contributed by atoms with Crippen molar-refractivity contribution < 1.29 is 9.47 Å². The van der Waals surface area contributed by atoms with Crippen LogP contribution in [0.25, 0.3) is 0 Å². The van der Waals surface area contributed by atoms with Crippen molar-refractivity contribution in [1.29, 1.82) is 0 Å². The first-order valence-corrected chi connectivity index (χ1v) is 9.06. The van der Waals surface area contributed by atoms with E-state index in [1.54, 1.807) is 26.6 Å². The molecule has 0 aliphatic heterocycles. The maximum atomic E-state index is 6.21. The van der Waals surface area contributed by atoms with Crippen molar-refractivity contribution in [2.24, 2.45) is 0 Å². The summed E-state index contributed by atoms with van der Waals surface area (Å²) in [4.78, 5) is 13.0. The zero-order chi connectivity index (χ0) is 20.1. The molecule has 0 radical (unpaired) electrons. The van der Waals surface area contributed by atoms with Crippen molar-refractivity contribution in [3.63, 3.8) is 0 Å². The number of rotatable bonds is 7. The Bertz CT molecular complexity index is 945. The van der Waals surface area contributed by atoms with E-state index in [0.29, 0.717) is 41.4 Å². The van der Waals surface area contributed by atoms with Crippen LogP contribution in [0.5, 0.6) is 11.5 Å². The molecule has 0 aliphatic rings. The number of anilines is 3. The first kappa shape index (κ1) is 19.4. The molecule has 0 spiro atoms. The van der Waals surface area contributed by atoms with E-state index in [1.165, 1.54) is 5.56 Å². The summed E-state index contributed by atoms with van der Waals surface area (Å²) in [6.07, 6.45) is 4.04. The number of pyridine rings is 1. The summed E-state index contributed by atoms with van der Waals surface area (Å²) in [5.41, 5.74) is 9.33. The average Bonchev–Trinajstić information content (AvgIpc) is 2.70. The minimum absolute atomic E-state index is 0.321. The van der Waals surface area contributed by atoms with Crippen molar-refractivity contribution in [2.45, 2.75) is 26.2 Å². The lowest BCUT2D eigenvalue weighted by molar-refractivity contribution is 0.354. The fourth-order valence-corrected chi connectivity index (χ4v) is 3.00. The standard InChI is InChI=1S/C21H25N5O2/c1-13(2)16-11-18(28-4)17(27-3)10-14(16)9-15-12-24-21(26-20(15)22)25-19-7-5-6-8-23-19/h5-8,10-13H,9H2,1-4H3,(H3,22,23,24,25,26). The first-order chi connectivity index (χ1) is 13.5. The molecule has 0 amide bonds. The molecule has 3 N–H and O–H groups in total. The van der Waals surface area contributed by atoms with Crippen LogP contribution in [-0.4, -0.2) is 29.2 Å². The largest absolute Gasteiger partial charge is 0.493 e.